The number of para-hydroxylation sites is 2. The van der Waals surface area contributed by atoms with E-state index in [1.54, 1.807) is 11.3 Å². The van der Waals surface area contributed by atoms with Crippen LogP contribution in [0.4, 0.5) is 16.4 Å². The molecular formula is C23H29Cl2N5OS. The molecule has 0 bridgehead atoms. The highest BCUT2D eigenvalue weighted by Gasteiger charge is 2.28. The Balaban J connectivity index is 0.00000121. The van der Waals surface area contributed by atoms with Crippen LogP contribution in [0.2, 0.25) is 0 Å². The Morgan fingerprint density at radius 2 is 1.81 bits per heavy atom. The Kier molecular flexibility index (Phi) is 9.48. The fraction of sp³-hybridized carbons (Fsp3) is 0.304. The Labute approximate surface area is 205 Å². The van der Waals surface area contributed by atoms with E-state index in [0.717, 1.165) is 65.4 Å². The van der Waals surface area contributed by atoms with Gasteiger partial charge in [-0.25, -0.2) is 9.98 Å². The molecule has 4 N–H and O–H groups in total. The van der Waals surface area contributed by atoms with Gasteiger partial charge in [0.2, 0.25) is 0 Å². The second-order valence-corrected chi connectivity index (χ2v) is 8.81. The zero-order valence-corrected chi connectivity index (χ0v) is 20.3. The zero-order valence-electron chi connectivity index (χ0n) is 17.9. The van der Waals surface area contributed by atoms with Gasteiger partial charge in [-0.15, -0.1) is 36.2 Å². The Hall–Kier alpha value is -2.16. The molecule has 5 rings (SSSR count). The van der Waals surface area contributed by atoms with E-state index < -0.39 is 0 Å². The van der Waals surface area contributed by atoms with Crippen LogP contribution >= 0.6 is 36.2 Å². The lowest BCUT2D eigenvalue weighted by atomic mass is 10.0. The number of piperazine rings is 1. The van der Waals surface area contributed by atoms with Gasteiger partial charge in [-0.05, 0) is 37.5 Å². The molecular weight excluding hydrogens is 465 g/mol. The molecule has 1 saturated heterocycles. The van der Waals surface area contributed by atoms with E-state index in [-0.39, 0.29) is 30.3 Å². The summed E-state index contributed by atoms with van der Waals surface area (Å²) in [7, 11) is 0. The molecule has 32 heavy (non-hydrogen) atoms. The number of fused-ring (bicyclic) bond motifs is 2. The molecule has 172 valence electrons. The lowest BCUT2D eigenvalue weighted by Crippen LogP contribution is -2.53. The quantitative estimate of drug-likeness (QED) is 0.561. The molecule has 6 nitrogen and oxygen atoms in total. The van der Waals surface area contributed by atoms with Gasteiger partial charge in [-0.1, -0.05) is 42.5 Å². The molecule has 0 radical (unpaired) electrons. The molecule has 0 saturated carbocycles. The normalized spacial score (nSPS) is 16.6. The first-order valence-corrected chi connectivity index (χ1v) is 11.0. The van der Waals surface area contributed by atoms with E-state index in [1.807, 2.05) is 12.1 Å². The van der Waals surface area contributed by atoms with Gasteiger partial charge in [0, 0.05) is 25.7 Å². The summed E-state index contributed by atoms with van der Waals surface area (Å²) in [6, 6.07) is 19.4. The number of aromatic nitrogens is 1. The predicted molar refractivity (Wildman–Crippen MR) is 139 cm³/mol. The second-order valence-electron chi connectivity index (χ2n) is 7.61. The Morgan fingerprint density at radius 3 is 2.62 bits per heavy atom. The summed E-state index contributed by atoms with van der Waals surface area (Å²) in [6.45, 7) is 4.92. The third kappa shape index (κ3) is 5.60. The first-order chi connectivity index (χ1) is 14.3. The average Bonchev–Trinajstić information content (AvgIpc) is 3.04. The van der Waals surface area contributed by atoms with Gasteiger partial charge in [0.25, 0.3) is 0 Å². The summed E-state index contributed by atoms with van der Waals surface area (Å²) >= 11 is 1.70. The van der Waals surface area contributed by atoms with Gasteiger partial charge in [0.15, 0.2) is 5.84 Å². The lowest BCUT2D eigenvalue weighted by Gasteiger charge is -2.35. The van der Waals surface area contributed by atoms with Crippen LogP contribution in [0.5, 0.6) is 0 Å². The van der Waals surface area contributed by atoms with E-state index in [4.69, 9.17) is 9.98 Å². The summed E-state index contributed by atoms with van der Waals surface area (Å²) < 4.78 is 0. The number of thiazole rings is 1. The van der Waals surface area contributed by atoms with Crippen molar-refractivity contribution in [3.63, 3.8) is 0 Å². The summed E-state index contributed by atoms with van der Waals surface area (Å²) in [5, 5.41) is 9.39. The fourth-order valence-electron chi connectivity index (χ4n) is 4.05. The highest BCUT2D eigenvalue weighted by atomic mass is 35.5. The van der Waals surface area contributed by atoms with Crippen molar-refractivity contribution < 1.29 is 5.48 Å². The summed E-state index contributed by atoms with van der Waals surface area (Å²) in [6.07, 6.45) is 2.20. The number of benzene rings is 2. The molecule has 9 heteroatoms. The van der Waals surface area contributed by atoms with Gasteiger partial charge < -0.3 is 21.0 Å². The largest absolute Gasteiger partial charge is 0.412 e. The van der Waals surface area contributed by atoms with E-state index in [2.05, 4.69) is 64.9 Å². The molecule has 0 aliphatic carbocycles. The second kappa shape index (κ2) is 11.6. The Morgan fingerprint density at radius 1 is 1.06 bits per heavy atom. The van der Waals surface area contributed by atoms with Crippen LogP contribution in [0.1, 0.15) is 22.7 Å². The fourth-order valence-corrected chi connectivity index (χ4v) is 4.87. The first-order valence-electron chi connectivity index (χ1n) is 10.2. The number of nitrogens with zero attached hydrogens (tertiary/aromatic N) is 3. The van der Waals surface area contributed by atoms with Crippen molar-refractivity contribution in [2.75, 3.05) is 25.0 Å². The van der Waals surface area contributed by atoms with Gasteiger partial charge in [0.05, 0.1) is 16.4 Å². The topological polar surface area (TPSA) is 84.1 Å². The van der Waals surface area contributed by atoms with E-state index in [0.29, 0.717) is 6.04 Å². The predicted octanol–water partition coefficient (Wildman–Crippen LogP) is 4.51. The van der Waals surface area contributed by atoms with Crippen LogP contribution < -0.4 is 10.6 Å². The maximum atomic E-state index is 5.07. The maximum Gasteiger partial charge on any atom is 0.158 e. The van der Waals surface area contributed by atoms with Crippen molar-refractivity contribution in [1.29, 1.82) is 0 Å². The minimum atomic E-state index is 0. The van der Waals surface area contributed by atoms with Gasteiger partial charge in [-0.3, -0.25) is 0 Å². The highest BCUT2D eigenvalue weighted by Crippen LogP contribution is 2.37. The molecule has 2 aliphatic rings. The molecule has 3 heterocycles. The molecule has 1 fully saturated rings. The van der Waals surface area contributed by atoms with Gasteiger partial charge in [0.1, 0.15) is 10.7 Å². The molecule has 0 unspecified atom stereocenters. The van der Waals surface area contributed by atoms with Crippen molar-refractivity contribution in [1.82, 2.24) is 15.2 Å². The minimum Gasteiger partial charge on any atom is -0.412 e. The SMILES string of the molecule is Cc1nc2c(s1)Nc1ccccc1N=C2N1CCN[C@@H](CCc2ccccc2)C1.Cl.Cl.O. The zero-order chi connectivity index (χ0) is 19.6. The van der Waals surface area contributed by atoms with Crippen LogP contribution in [0.3, 0.4) is 0 Å². The van der Waals surface area contributed by atoms with Crippen molar-refractivity contribution in [3.8, 4) is 0 Å². The van der Waals surface area contributed by atoms with Crippen LogP contribution in [0.25, 0.3) is 0 Å². The molecule has 1 atom stereocenters. The third-order valence-corrected chi connectivity index (χ3v) is 6.39. The van der Waals surface area contributed by atoms with Crippen molar-refractivity contribution in [2.24, 2.45) is 4.99 Å². The van der Waals surface area contributed by atoms with Crippen molar-refractivity contribution >= 4 is 58.4 Å². The van der Waals surface area contributed by atoms with Gasteiger partial charge in [-0.2, -0.15) is 0 Å². The summed E-state index contributed by atoms with van der Waals surface area (Å²) in [4.78, 5) is 12.3. The monoisotopic (exact) mass is 493 g/mol. The lowest BCUT2D eigenvalue weighted by molar-refractivity contribution is 0.282. The molecule has 0 spiro atoms. The summed E-state index contributed by atoms with van der Waals surface area (Å²) in [5.41, 5.74) is 4.40. The summed E-state index contributed by atoms with van der Waals surface area (Å²) in [5.74, 6) is 0.994. The Bertz CT molecular complexity index is 1040. The standard InChI is InChI=1S/C23H25N5S.2ClH.H2O/c1-16-25-21-22(26-19-9-5-6-10-20(19)27-23(21)29-16)28-14-13-24-18(15-28)12-11-17-7-3-2-4-8-17;;;/h2-10,18,24,27H,11-15H2,1H3;2*1H;1H2/t18-;;;/m0.../s1. The third-order valence-electron chi connectivity index (χ3n) is 5.50. The molecule has 0 amide bonds. The molecule has 2 aliphatic heterocycles. The van der Waals surface area contributed by atoms with Gasteiger partial charge >= 0.3 is 0 Å². The van der Waals surface area contributed by atoms with Crippen LogP contribution in [0.15, 0.2) is 59.6 Å². The van der Waals surface area contributed by atoms with Crippen molar-refractivity contribution in [3.05, 3.63) is 70.9 Å². The number of anilines is 2. The number of nitrogens with one attached hydrogen (secondary N) is 2. The number of hydrogen-bond donors (Lipinski definition) is 2. The van der Waals surface area contributed by atoms with Crippen LogP contribution in [0, 0.1) is 6.92 Å². The van der Waals surface area contributed by atoms with Crippen LogP contribution in [-0.2, 0) is 6.42 Å². The first kappa shape index (κ1) is 26.1. The number of hydrogen-bond acceptors (Lipinski definition) is 6. The number of halogens is 2. The van der Waals surface area contributed by atoms with E-state index >= 15 is 0 Å². The average molecular weight is 494 g/mol. The molecule has 3 aromatic rings. The number of aliphatic imine (C=N–C) groups is 1. The highest BCUT2D eigenvalue weighted by molar-refractivity contribution is 7.16. The maximum absolute atomic E-state index is 5.07. The smallest absolute Gasteiger partial charge is 0.158 e. The molecule has 2 aromatic carbocycles. The number of aryl methyl sites for hydroxylation is 2. The number of amidine groups is 1. The van der Waals surface area contributed by atoms with E-state index in [9.17, 15) is 0 Å². The minimum absolute atomic E-state index is 0. The van der Waals surface area contributed by atoms with Crippen LogP contribution in [-0.4, -0.2) is 46.9 Å². The van der Waals surface area contributed by atoms with E-state index in [1.165, 1.54) is 5.56 Å². The van der Waals surface area contributed by atoms with Crippen molar-refractivity contribution in [2.45, 2.75) is 25.8 Å². The number of rotatable bonds is 3. The molecule has 1 aromatic heterocycles.